The number of aromatic carboxylic acids is 1. The summed E-state index contributed by atoms with van der Waals surface area (Å²) in [4.78, 5) is 32.6. The number of amides is 1. The van der Waals surface area contributed by atoms with E-state index in [1.807, 2.05) is 0 Å². The number of carboxylic acid groups (broad SMARTS) is 1. The first kappa shape index (κ1) is 13.3. The fourth-order valence-corrected chi connectivity index (χ4v) is 1.60. The highest BCUT2D eigenvalue weighted by Gasteiger charge is 2.17. The Morgan fingerprint density at radius 2 is 1.95 bits per heavy atom. The van der Waals surface area contributed by atoms with E-state index in [9.17, 15) is 9.59 Å². The van der Waals surface area contributed by atoms with Crippen LogP contribution in [-0.4, -0.2) is 31.9 Å². The van der Waals surface area contributed by atoms with Crippen molar-refractivity contribution in [3.8, 4) is 0 Å². The first-order valence-electron chi connectivity index (χ1n) is 4.88. The van der Waals surface area contributed by atoms with Crippen LogP contribution >= 0.6 is 23.2 Å². The summed E-state index contributed by atoms with van der Waals surface area (Å²) in [5, 5.41) is 11.5. The van der Waals surface area contributed by atoms with Crippen LogP contribution in [0.15, 0.2) is 18.5 Å². The van der Waals surface area contributed by atoms with Crippen molar-refractivity contribution in [2.45, 2.75) is 0 Å². The number of rotatable bonds is 3. The molecule has 1 amide bonds. The van der Waals surface area contributed by atoms with Crippen molar-refractivity contribution in [3.63, 3.8) is 0 Å². The zero-order valence-corrected chi connectivity index (χ0v) is 10.7. The van der Waals surface area contributed by atoms with Gasteiger partial charge in [0.2, 0.25) is 0 Å². The van der Waals surface area contributed by atoms with E-state index in [4.69, 9.17) is 28.3 Å². The van der Waals surface area contributed by atoms with Gasteiger partial charge in [-0.05, 0) is 6.07 Å². The number of nitrogens with zero attached hydrogens (tertiary/aromatic N) is 2. The number of hydrogen-bond acceptors (Lipinski definition) is 4. The second-order valence-electron chi connectivity index (χ2n) is 3.36. The monoisotopic (exact) mass is 300 g/mol. The van der Waals surface area contributed by atoms with Crippen molar-refractivity contribution in [2.24, 2.45) is 0 Å². The minimum absolute atomic E-state index is 0.0805. The van der Waals surface area contributed by atoms with Crippen LogP contribution in [0.2, 0.25) is 10.2 Å². The molecule has 0 spiro atoms. The molecule has 2 rings (SSSR count). The van der Waals surface area contributed by atoms with Gasteiger partial charge in [-0.15, -0.1) is 0 Å². The summed E-state index contributed by atoms with van der Waals surface area (Å²) in [5.74, 6) is -2.09. The lowest BCUT2D eigenvalue weighted by molar-refractivity contribution is 0.0691. The van der Waals surface area contributed by atoms with Crippen LogP contribution in [0.5, 0.6) is 0 Å². The predicted molar refractivity (Wildman–Crippen MR) is 67.8 cm³/mol. The predicted octanol–water partition coefficient (Wildman–Crippen LogP) is 2.06. The maximum Gasteiger partial charge on any atom is 0.358 e. The highest BCUT2D eigenvalue weighted by atomic mass is 35.5. The van der Waals surface area contributed by atoms with E-state index < -0.39 is 11.9 Å². The number of aromatic nitrogens is 3. The second kappa shape index (κ2) is 5.25. The molecule has 2 aromatic rings. The summed E-state index contributed by atoms with van der Waals surface area (Å²) in [7, 11) is 0. The number of hydrogen-bond donors (Lipinski definition) is 3. The third-order valence-corrected chi connectivity index (χ3v) is 2.80. The fraction of sp³-hybridized carbons (Fsp3) is 0. The standard InChI is InChI=1S/C10H6Cl2N4O3/c11-4-3-5(15-7(4)12)9(17)16-8-6(10(18)19)13-1-2-14-8/h1-3,15H,(H,18,19)(H,14,16,17). The van der Waals surface area contributed by atoms with E-state index in [1.54, 1.807) is 0 Å². The highest BCUT2D eigenvalue weighted by molar-refractivity contribution is 6.41. The number of carbonyl (C=O) groups is 2. The lowest BCUT2D eigenvalue weighted by Crippen LogP contribution is -2.17. The quantitative estimate of drug-likeness (QED) is 0.804. The molecule has 3 N–H and O–H groups in total. The molecule has 0 aliphatic carbocycles. The van der Waals surface area contributed by atoms with Crippen LogP contribution in [0.4, 0.5) is 5.82 Å². The molecule has 0 radical (unpaired) electrons. The van der Waals surface area contributed by atoms with Gasteiger partial charge in [-0.3, -0.25) is 4.79 Å². The lowest BCUT2D eigenvalue weighted by atomic mass is 10.3. The largest absolute Gasteiger partial charge is 0.476 e. The van der Waals surface area contributed by atoms with E-state index >= 15 is 0 Å². The Balaban J connectivity index is 2.26. The number of H-pyrrole nitrogens is 1. The van der Waals surface area contributed by atoms with Crippen LogP contribution < -0.4 is 5.32 Å². The molecule has 0 aliphatic rings. The Kier molecular flexibility index (Phi) is 3.68. The Hall–Kier alpha value is -2.12. The van der Waals surface area contributed by atoms with Gasteiger partial charge in [0.25, 0.3) is 5.91 Å². The van der Waals surface area contributed by atoms with Crippen molar-refractivity contribution in [2.75, 3.05) is 5.32 Å². The molecule has 0 saturated carbocycles. The summed E-state index contributed by atoms with van der Waals surface area (Å²) >= 11 is 11.4. The molecule has 0 aromatic carbocycles. The van der Waals surface area contributed by atoms with Gasteiger partial charge in [0.15, 0.2) is 11.5 Å². The Morgan fingerprint density at radius 3 is 2.53 bits per heavy atom. The Morgan fingerprint density at radius 1 is 1.26 bits per heavy atom. The van der Waals surface area contributed by atoms with Crippen LogP contribution in [0.3, 0.4) is 0 Å². The van der Waals surface area contributed by atoms with Crippen LogP contribution in [0.25, 0.3) is 0 Å². The summed E-state index contributed by atoms with van der Waals surface area (Å²) < 4.78 is 0. The van der Waals surface area contributed by atoms with E-state index in [-0.39, 0.29) is 27.4 Å². The zero-order chi connectivity index (χ0) is 14.0. The molecule has 7 nitrogen and oxygen atoms in total. The molecule has 2 heterocycles. The molecule has 0 saturated heterocycles. The van der Waals surface area contributed by atoms with Gasteiger partial charge in [0.05, 0.1) is 5.02 Å². The molecular formula is C10H6Cl2N4O3. The molecular weight excluding hydrogens is 295 g/mol. The van der Waals surface area contributed by atoms with E-state index in [0.717, 1.165) is 0 Å². The van der Waals surface area contributed by atoms with E-state index in [1.165, 1.54) is 18.5 Å². The number of carboxylic acids is 1. The van der Waals surface area contributed by atoms with Crippen LogP contribution in [-0.2, 0) is 0 Å². The first-order chi connectivity index (χ1) is 8.99. The average molecular weight is 301 g/mol. The van der Waals surface area contributed by atoms with Crippen molar-refractivity contribution in [3.05, 3.63) is 40.0 Å². The van der Waals surface area contributed by atoms with Gasteiger partial charge < -0.3 is 15.4 Å². The molecule has 0 aliphatic heterocycles. The Bertz CT molecular complexity index is 636. The van der Waals surface area contributed by atoms with E-state index in [0.29, 0.717) is 0 Å². The SMILES string of the molecule is O=C(Nc1nccnc1C(=O)O)c1cc(Cl)c(Cl)[nH]1. The van der Waals surface area contributed by atoms with Gasteiger partial charge in [-0.1, -0.05) is 23.2 Å². The topological polar surface area (TPSA) is 108 Å². The molecule has 98 valence electrons. The second-order valence-corrected chi connectivity index (χ2v) is 4.14. The van der Waals surface area contributed by atoms with Crippen LogP contribution in [0, 0.1) is 0 Å². The number of aromatic amines is 1. The number of anilines is 1. The molecule has 2 aromatic heterocycles. The van der Waals surface area contributed by atoms with E-state index in [2.05, 4.69) is 20.3 Å². The number of halogens is 2. The fourth-order valence-electron chi connectivity index (χ4n) is 1.29. The maximum atomic E-state index is 11.8. The molecule has 19 heavy (non-hydrogen) atoms. The smallest absolute Gasteiger partial charge is 0.358 e. The Labute approximate surface area is 116 Å². The number of carbonyl (C=O) groups excluding carboxylic acids is 1. The van der Waals surface area contributed by atoms with Gasteiger partial charge in [-0.25, -0.2) is 14.8 Å². The van der Waals surface area contributed by atoms with Crippen molar-refractivity contribution < 1.29 is 14.7 Å². The summed E-state index contributed by atoms with van der Waals surface area (Å²) in [6.45, 7) is 0. The zero-order valence-electron chi connectivity index (χ0n) is 9.15. The number of nitrogens with one attached hydrogen (secondary N) is 2. The third kappa shape index (κ3) is 2.83. The molecule has 0 fully saturated rings. The van der Waals surface area contributed by atoms with Gasteiger partial charge in [-0.2, -0.15) is 0 Å². The molecule has 0 bridgehead atoms. The molecule has 9 heteroatoms. The highest BCUT2D eigenvalue weighted by Crippen LogP contribution is 2.22. The van der Waals surface area contributed by atoms with Crippen molar-refractivity contribution in [1.82, 2.24) is 15.0 Å². The maximum absolute atomic E-state index is 11.8. The van der Waals surface area contributed by atoms with Crippen molar-refractivity contribution in [1.29, 1.82) is 0 Å². The molecule has 0 atom stereocenters. The minimum atomic E-state index is -1.30. The third-order valence-electron chi connectivity index (χ3n) is 2.10. The summed E-state index contributed by atoms with van der Waals surface area (Å²) in [5.41, 5.74) is -0.281. The molecule has 0 unspecified atom stereocenters. The lowest BCUT2D eigenvalue weighted by Gasteiger charge is -2.04. The average Bonchev–Trinajstić information content (AvgIpc) is 2.70. The normalized spacial score (nSPS) is 10.2. The van der Waals surface area contributed by atoms with Gasteiger partial charge >= 0.3 is 5.97 Å². The van der Waals surface area contributed by atoms with Gasteiger partial charge in [0.1, 0.15) is 10.8 Å². The minimum Gasteiger partial charge on any atom is -0.476 e. The summed E-state index contributed by atoms with van der Waals surface area (Å²) in [6, 6.07) is 1.32. The van der Waals surface area contributed by atoms with Crippen LogP contribution in [0.1, 0.15) is 21.0 Å². The summed E-state index contributed by atoms with van der Waals surface area (Å²) in [6.07, 6.45) is 2.47. The van der Waals surface area contributed by atoms with Gasteiger partial charge in [0, 0.05) is 12.4 Å². The van der Waals surface area contributed by atoms with Crippen molar-refractivity contribution >= 4 is 40.9 Å². The first-order valence-corrected chi connectivity index (χ1v) is 5.64.